The first kappa shape index (κ1) is 22.8. The average Bonchev–Trinajstić information content (AvgIpc) is 2.68. The molecule has 0 bridgehead atoms. The van der Waals surface area contributed by atoms with E-state index in [-0.39, 0.29) is 19.0 Å². The fourth-order valence-corrected chi connectivity index (χ4v) is 3.11. The number of nitrogens with zero attached hydrogens (tertiary/aromatic N) is 1. The van der Waals surface area contributed by atoms with Crippen molar-refractivity contribution < 1.29 is 22.8 Å². The van der Waals surface area contributed by atoms with E-state index in [9.17, 15) is 22.8 Å². The van der Waals surface area contributed by atoms with Gasteiger partial charge in [0, 0.05) is 10.6 Å². The van der Waals surface area contributed by atoms with Gasteiger partial charge in [-0.3, -0.25) is 14.5 Å². The molecule has 2 aromatic carbocycles. The van der Waals surface area contributed by atoms with E-state index in [2.05, 4.69) is 10.6 Å². The van der Waals surface area contributed by atoms with E-state index >= 15 is 0 Å². The van der Waals surface area contributed by atoms with Gasteiger partial charge in [0.05, 0.1) is 18.8 Å². The van der Waals surface area contributed by atoms with Gasteiger partial charge in [0.1, 0.15) is 0 Å². The molecule has 0 saturated heterocycles. The van der Waals surface area contributed by atoms with Crippen molar-refractivity contribution >= 4 is 35.0 Å². The summed E-state index contributed by atoms with van der Waals surface area (Å²) in [7, 11) is 0. The van der Waals surface area contributed by atoms with Crippen LogP contribution in [-0.2, 0) is 9.59 Å². The lowest BCUT2D eigenvalue weighted by atomic mass is 10.2. The van der Waals surface area contributed by atoms with Gasteiger partial charge in [-0.15, -0.1) is 11.8 Å². The predicted molar refractivity (Wildman–Crippen MR) is 109 cm³/mol. The van der Waals surface area contributed by atoms with Crippen LogP contribution in [0.25, 0.3) is 0 Å². The highest BCUT2D eigenvalue weighted by Gasteiger charge is 2.18. The SMILES string of the molecule is CCCN(CC(=O)Nc1cccc(SC)c1)CC(=O)Nc1ccc(F)c(F)c1F. The maximum atomic E-state index is 13.7. The Bertz CT molecular complexity index is 880. The zero-order valence-electron chi connectivity index (χ0n) is 16.1. The van der Waals surface area contributed by atoms with Crippen molar-refractivity contribution in [1.29, 1.82) is 0 Å². The quantitative estimate of drug-likeness (QED) is 0.469. The Kier molecular flexibility index (Phi) is 8.53. The van der Waals surface area contributed by atoms with Crippen LogP contribution in [0.5, 0.6) is 0 Å². The van der Waals surface area contributed by atoms with Gasteiger partial charge in [-0.1, -0.05) is 13.0 Å². The van der Waals surface area contributed by atoms with Crippen LogP contribution >= 0.6 is 11.8 Å². The predicted octanol–water partition coefficient (Wildman–Crippen LogP) is 4.12. The second-order valence-electron chi connectivity index (χ2n) is 6.26. The number of carbonyl (C=O) groups is 2. The van der Waals surface area contributed by atoms with Crippen molar-refractivity contribution in [3.05, 3.63) is 53.8 Å². The summed E-state index contributed by atoms with van der Waals surface area (Å²) in [6.45, 7) is 2.08. The number of anilines is 2. The summed E-state index contributed by atoms with van der Waals surface area (Å²) in [4.78, 5) is 27.1. The first-order chi connectivity index (χ1) is 13.8. The number of halogens is 3. The second-order valence-corrected chi connectivity index (χ2v) is 7.14. The van der Waals surface area contributed by atoms with Gasteiger partial charge >= 0.3 is 0 Å². The summed E-state index contributed by atoms with van der Waals surface area (Å²) in [6.07, 6.45) is 2.61. The lowest BCUT2D eigenvalue weighted by molar-refractivity contribution is -0.120. The number of hydrogen-bond donors (Lipinski definition) is 2. The molecule has 29 heavy (non-hydrogen) atoms. The van der Waals surface area contributed by atoms with Gasteiger partial charge < -0.3 is 10.6 Å². The number of rotatable bonds is 9. The molecule has 5 nitrogen and oxygen atoms in total. The molecular formula is C20H22F3N3O2S. The number of amides is 2. The fraction of sp³-hybridized carbons (Fsp3) is 0.300. The highest BCUT2D eigenvalue weighted by atomic mass is 32.2. The van der Waals surface area contributed by atoms with E-state index in [1.807, 2.05) is 31.4 Å². The van der Waals surface area contributed by atoms with Crippen LogP contribution in [0.4, 0.5) is 24.5 Å². The Labute approximate surface area is 171 Å². The lowest BCUT2D eigenvalue weighted by Crippen LogP contribution is -2.39. The van der Waals surface area contributed by atoms with Gasteiger partial charge in [-0.05, 0) is 49.6 Å². The minimum absolute atomic E-state index is 0.0506. The van der Waals surface area contributed by atoms with Crippen LogP contribution in [0.2, 0.25) is 0 Å². The van der Waals surface area contributed by atoms with Crippen LogP contribution in [0.1, 0.15) is 13.3 Å². The first-order valence-corrected chi connectivity index (χ1v) is 10.2. The number of benzene rings is 2. The molecule has 0 atom stereocenters. The van der Waals surface area contributed by atoms with E-state index < -0.39 is 29.0 Å². The van der Waals surface area contributed by atoms with Crippen molar-refractivity contribution in [1.82, 2.24) is 4.90 Å². The summed E-state index contributed by atoms with van der Waals surface area (Å²) in [5.74, 6) is -5.40. The topological polar surface area (TPSA) is 61.4 Å². The number of nitrogens with one attached hydrogen (secondary N) is 2. The maximum Gasteiger partial charge on any atom is 0.238 e. The molecule has 0 radical (unpaired) electrons. The molecule has 2 N–H and O–H groups in total. The number of hydrogen-bond acceptors (Lipinski definition) is 4. The maximum absolute atomic E-state index is 13.7. The largest absolute Gasteiger partial charge is 0.325 e. The summed E-state index contributed by atoms with van der Waals surface area (Å²) in [5, 5.41) is 4.98. The van der Waals surface area contributed by atoms with Crippen LogP contribution in [-0.4, -0.2) is 42.6 Å². The van der Waals surface area contributed by atoms with Crippen LogP contribution in [0.3, 0.4) is 0 Å². The van der Waals surface area contributed by atoms with Crippen molar-refractivity contribution in [2.75, 3.05) is 36.5 Å². The van der Waals surface area contributed by atoms with Gasteiger partial charge in [0.15, 0.2) is 17.5 Å². The van der Waals surface area contributed by atoms with E-state index in [1.165, 1.54) is 0 Å². The molecule has 2 amide bonds. The van der Waals surface area contributed by atoms with Gasteiger partial charge in [0.25, 0.3) is 0 Å². The zero-order chi connectivity index (χ0) is 21.4. The molecule has 0 fully saturated rings. The summed E-state index contributed by atoms with van der Waals surface area (Å²) >= 11 is 1.55. The van der Waals surface area contributed by atoms with Crippen molar-refractivity contribution in [2.45, 2.75) is 18.2 Å². The fourth-order valence-electron chi connectivity index (χ4n) is 2.65. The minimum atomic E-state index is -1.65. The molecule has 2 aromatic rings. The van der Waals surface area contributed by atoms with Crippen LogP contribution in [0, 0.1) is 17.5 Å². The summed E-state index contributed by atoms with van der Waals surface area (Å²) in [6, 6.07) is 9.03. The highest BCUT2D eigenvalue weighted by molar-refractivity contribution is 7.98. The molecule has 0 unspecified atom stereocenters. The average molecular weight is 425 g/mol. The normalized spacial score (nSPS) is 10.8. The van der Waals surface area contributed by atoms with E-state index in [0.717, 1.165) is 17.0 Å². The van der Waals surface area contributed by atoms with E-state index in [0.29, 0.717) is 18.7 Å². The lowest BCUT2D eigenvalue weighted by Gasteiger charge is -2.21. The Balaban J connectivity index is 1.97. The molecular weight excluding hydrogens is 403 g/mol. The number of carbonyl (C=O) groups excluding carboxylic acids is 2. The smallest absolute Gasteiger partial charge is 0.238 e. The Morgan fingerprint density at radius 1 is 1.00 bits per heavy atom. The molecule has 156 valence electrons. The highest BCUT2D eigenvalue weighted by Crippen LogP contribution is 2.20. The second kappa shape index (κ2) is 10.9. The Hall–Kier alpha value is -2.52. The van der Waals surface area contributed by atoms with E-state index in [4.69, 9.17) is 0 Å². The van der Waals surface area contributed by atoms with Gasteiger partial charge in [-0.2, -0.15) is 0 Å². The van der Waals surface area contributed by atoms with Gasteiger partial charge in [-0.25, -0.2) is 13.2 Å². The monoisotopic (exact) mass is 425 g/mol. The standard InChI is InChI=1S/C20H22F3N3O2S/c1-3-9-26(11-17(27)24-13-5-4-6-14(10-13)29-2)12-18(28)25-16-8-7-15(21)19(22)20(16)23/h4-8,10H,3,9,11-12H2,1-2H3,(H,24,27)(H,25,28). The summed E-state index contributed by atoms with van der Waals surface area (Å²) < 4.78 is 40.0. The zero-order valence-corrected chi connectivity index (χ0v) is 16.9. The molecule has 0 aliphatic rings. The van der Waals surface area contributed by atoms with Crippen molar-refractivity contribution in [3.8, 4) is 0 Å². The summed E-state index contributed by atoms with van der Waals surface area (Å²) in [5.41, 5.74) is 0.190. The third kappa shape index (κ3) is 6.79. The molecule has 0 saturated carbocycles. The molecule has 0 aromatic heterocycles. The molecule has 0 aliphatic carbocycles. The van der Waals surface area contributed by atoms with Crippen molar-refractivity contribution in [3.63, 3.8) is 0 Å². The minimum Gasteiger partial charge on any atom is -0.325 e. The third-order valence-electron chi connectivity index (χ3n) is 3.94. The van der Waals surface area contributed by atoms with Crippen molar-refractivity contribution in [2.24, 2.45) is 0 Å². The number of thioether (sulfide) groups is 1. The molecule has 0 heterocycles. The third-order valence-corrected chi connectivity index (χ3v) is 4.66. The Morgan fingerprint density at radius 2 is 1.69 bits per heavy atom. The van der Waals surface area contributed by atoms with Crippen LogP contribution in [0.15, 0.2) is 41.3 Å². The molecule has 0 aliphatic heterocycles. The molecule has 0 spiro atoms. The van der Waals surface area contributed by atoms with Crippen LogP contribution < -0.4 is 10.6 Å². The first-order valence-electron chi connectivity index (χ1n) is 8.93. The molecule has 9 heteroatoms. The molecule has 2 rings (SSSR count). The van der Waals surface area contributed by atoms with E-state index in [1.54, 1.807) is 22.7 Å². The van der Waals surface area contributed by atoms with Gasteiger partial charge in [0.2, 0.25) is 11.8 Å². The Morgan fingerprint density at radius 3 is 2.34 bits per heavy atom.